The van der Waals surface area contributed by atoms with E-state index in [1.54, 1.807) is 0 Å². The topological polar surface area (TPSA) is 142 Å². The second kappa shape index (κ2) is 23.3. The van der Waals surface area contributed by atoms with Crippen molar-refractivity contribution in [1.29, 1.82) is 0 Å². The van der Waals surface area contributed by atoms with Crippen molar-refractivity contribution < 1.29 is 40.6 Å². The van der Waals surface area contributed by atoms with Crippen LogP contribution < -0.4 is 18.9 Å². The first-order valence-electron chi connectivity index (χ1n) is 18.2. The van der Waals surface area contributed by atoms with E-state index in [4.69, 9.17) is 18.9 Å². The highest BCUT2D eigenvalue weighted by Gasteiger charge is 2.44. The molecule has 0 heterocycles. The largest absolute Gasteiger partial charge is 0.504 e. The lowest BCUT2D eigenvalue weighted by molar-refractivity contribution is 0.00380. The zero-order valence-electron chi connectivity index (χ0n) is 30.1. The first-order chi connectivity index (χ1) is 23.7. The summed E-state index contributed by atoms with van der Waals surface area (Å²) >= 11 is 0. The number of hydrogen-bond acceptors (Lipinski definition) is 8. The van der Waals surface area contributed by atoms with Gasteiger partial charge in [0, 0.05) is 12.1 Å². The molecule has 0 aliphatic carbocycles. The lowest BCUT2D eigenvalue weighted by atomic mass is 10.2. The lowest BCUT2D eigenvalue weighted by Crippen LogP contribution is -2.26. The highest BCUT2D eigenvalue weighted by Crippen LogP contribution is 2.35. The minimum Gasteiger partial charge on any atom is -0.490 e. The van der Waals surface area contributed by atoms with Crippen molar-refractivity contribution in [2.45, 2.75) is 140 Å². The molecule has 2 aromatic carbocycles. The molecule has 0 saturated heterocycles. The van der Waals surface area contributed by atoms with Gasteiger partial charge >= 0.3 is 4.38 Å². The van der Waals surface area contributed by atoms with Crippen LogP contribution in [-0.4, -0.2) is 52.4 Å². The molecular weight excluding hydrogens is 665 g/mol. The second-order valence-corrected chi connectivity index (χ2v) is 16.2. The van der Waals surface area contributed by atoms with Crippen molar-refractivity contribution in [1.82, 2.24) is 0 Å². The van der Waals surface area contributed by atoms with Crippen LogP contribution in [0.3, 0.4) is 0 Å². The minimum absolute atomic E-state index is 0.182. The maximum atomic E-state index is 13.8. The summed E-state index contributed by atoms with van der Waals surface area (Å²) in [5.41, 5.74) is 9.91. The molecule has 12 heteroatoms. The van der Waals surface area contributed by atoms with E-state index in [9.17, 15) is 22.4 Å². The van der Waals surface area contributed by atoms with Gasteiger partial charge in [-0.05, 0) is 49.9 Å². The molecule has 0 saturated carbocycles. The number of sulfone groups is 2. The van der Waals surface area contributed by atoms with Crippen LogP contribution in [0.15, 0.2) is 46.2 Å². The lowest BCUT2D eigenvalue weighted by Gasteiger charge is -2.15. The number of unbranched alkanes of at least 4 members (excludes halogenated alkanes) is 12. The highest BCUT2D eigenvalue weighted by molar-refractivity contribution is 8.31. The Labute approximate surface area is 295 Å². The van der Waals surface area contributed by atoms with E-state index in [0.29, 0.717) is 37.9 Å². The van der Waals surface area contributed by atoms with Crippen molar-refractivity contribution in [3.63, 3.8) is 0 Å². The molecule has 10 nitrogen and oxygen atoms in total. The monoisotopic (exact) mass is 722 g/mol. The smallest absolute Gasteiger partial charge is 0.490 e. The maximum Gasteiger partial charge on any atom is 0.504 e. The SMILES string of the molecule is CCCCCCOc1ccc(S(=O)(=O)C(=[N+]=[N-])S(=O)(=O)c2ccc(OCCCCCC)c(OCCCCCC)c2)cc1OCCCCCC. The molecule has 0 bridgehead atoms. The fourth-order valence-corrected chi connectivity index (χ4v) is 8.44. The summed E-state index contributed by atoms with van der Waals surface area (Å²) in [5, 5.41) is 0. The normalized spacial score (nSPS) is 11.6. The number of rotatable bonds is 26. The van der Waals surface area contributed by atoms with Gasteiger partial charge in [0.1, 0.15) is 0 Å². The summed E-state index contributed by atoms with van der Waals surface area (Å²) in [6.45, 7) is 9.98. The van der Waals surface area contributed by atoms with Crippen LogP contribution in [0.1, 0.15) is 130 Å². The van der Waals surface area contributed by atoms with Crippen LogP contribution in [0.5, 0.6) is 23.0 Å². The molecule has 0 N–H and O–H groups in total. The molecular formula is C37H58N2O8S2. The Hall–Kier alpha value is -3.08. The molecule has 0 atom stereocenters. The molecule has 0 aliphatic heterocycles. The zero-order chi connectivity index (χ0) is 36.0. The summed E-state index contributed by atoms with van der Waals surface area (Å²) in [6, 6.07) is 7.85. The van der Waals surface area contributed by atoms with Crippen LogP contribution >= 0.6 is 0 Å². The molecule has 276 valence electrons. The molecule has 2 aromatic rings. The quantitative estimate of drug-likeness (QED) is 0.0307. The van der Waals surface area contributed by atoms with Gasteiger partial charge in [-0.1, -0.05) is 105 Å². The van der Waals surface area contributed by atoms with E-state index in [1.165, 1.54) is 36.4 Å². The van der Waals surface area contributed by atoms with Gasteiger partial charge in [-0.3, -0.25) is 0 Å². The fourth-order valence-electron chi connectivity index (χ4n) is 5.07. The zero-order valence-corrected chi connectivity index (χ0v) is 31.7. The van der Waals surface area contributed by atoms with Crippen molar-refractivity contribution in [3.05, 3.63) is 41.9 Å². The average Bonchev–Trinajstić information content (AvgIpc) is 3.08. The maximum absolute atomic E-state index is 13.8. The molecule has 0 spiro atoms. The Bertz CT molecular complexity index is 1410. The Morgan fingerprint density at radius 3 is 1.08 bits per heavy atom. The average molecular weight is 723 g/mol. The Morgan fingerprint density at radius 1 is 0.490 bits per heavy atom. The molecule has 2 rings (SSSR count). The van der Waals surface area contributed by atoms with Gasteiger partial charge in [-0.15, -0.1) is 4.79 Å². The van der Waals surface area contributed by atoms with Crippen LogP contribution in [0.25, 0.3) is 5.53 Å². The molecule has 0 fully saturated rings. The number of ether oxygens (including phenoxy) is 4. The highest BCUT2D eigenvalue weighted by atomic mass is 32.3. The van der Waals surface area contributed by atoms with Gasteiger partial charge in [0.15, 0.2) is 23.0 Å². The van der Waals surface area contributed by atoms with Gasteiger partial charge in [0.05, 0.1) is 36.2 Å². The van der Waals surface area contributed by atoms with Gasteiger partial charge in [-0.2, -0.15) is 0 Å². The van der Waals surface area contributed by atoms with Gasteiger partial charge in [0.2, 0.25) is 0 Å². The van der Waals surface area contributed by atoms with E-state index < -0.39 is 33.8 Å². The van der Waals surface area contributed by atoms with Crippen molar-refractivity contribution in [2.24, 2.45) is 0 Å². The summed E-state index contributed by atoms with van der Waals surface area (Å²) in [6.07, 6.45) is 15.6. The minimum atomic E-state index is -4.84. The summed E-state index contributed by atoms with van der Waals surface area (Å²) in [5.74, 6) is 1.09. The predicted octanol–water partition coefficient (Wildman–Crippen LogP) is 9.36. The van der Waals surface area contributed by atoms with Crippen LogP contribution in [-0.2, 0) is 19.7 Å². The van der Waals surface area contributed by atoms with E-state index in [-0.39, 0.29) is 11.5 Å². The van der Waals surface area contributed by atoms with Crippen LogP contribution in [0, 0.1) is 0 Å². The Morgan fingerprint density at radius 2 is 0.796 bits per heavy atom. The van der Waals surface area contributed by atoms with E-state index >= 15 is 0 Å². The molecule has 0 unspecified atom stereocenters. The molecule has 0 aliphatic rings. The van der Waals surface area contributed by atoms with Gasteiger partial charge in [0.25, 0.3) is 19.7 Å². The van der Waals surface area contributed by atoms with Crippen molar-refractivity contribution >= 4 is 24.1 Å². The predicted molar refractivity (Wildman–Crippen MR) is 194 cm³/mol. The summed E-state index contributed by atoms with van der Waals surface area (Å²) < 4.78 is 77.7. The Balaban J connectivity index is 2.41. The van der Waals surface area contributed by atoms with Crippen molar-refractivity contribution in [2.75, 3.05) is 26.4 Å². The number of hydrogen-bond donors (Lipinski definition) is 0. The van der Waals surface area contributed by atoms with Crippen LogP contribution in [0.2, 0.25) is 0 Å². The number of benzene rings is 2. The first kappa shape index (κ1) is 42.1. The fraction of sp³-hybridized carbons (Fsp3) is 0.649. The molecule has 49 heavy (non-hydrogen) atoms. The first-order valence-corrected chi connectivity index (χ1v) is 21.1. The van der Waals surface area contributed by atoms with E-state index in [1.807, 2.05) is 0 Å². The summed E-state index contributed by atoms with van der Waals surface area (Å²) in [4.78, 5) is 2.04. The Kier molecular flexibility index (Phi) is 20.1. The third kappa shape index (κ3) is 14.0. The van der Waals surface area contributed by atoms with E-state index in [2.05, 4.69) is 32.5 Å². The standard InChI is InChI=1S/C37H58N2O8S2/c1-5-9-13-17-25-44-33-23-21-31(29-35(33)46-27-19-15-11-7-3)48(40,41)37(39-38)49(42,43)32-22-24-34(45-26-18-14-10-6-2)36(30-32)47-28-20-16-12-8-4/h21-24,29-30H,5-20,25-28H2,1-4H3. The van der Waals surface area contributed by atoms with Gasteiger partial charge < -0.3 is 24.5 Å². The molecule has 0 radical (unpaired) electrons. The van der Waals surface area contributed by atoms with Crippen LogP contribution in [0.4, 0.5) is 0 Å². The van der Waals surface area contributed by atoms with Gasteiger partial charge in [-0.25, -0.2) is 16.8 Å². The number of nitrogens with zero attached hydrogens (tertiary/aromatic N) is 2. The summed E-state index contributed by atoms with van der Waals surface area (Å²) in [7, 11) is -9.67. The molecule has 0 aromatic heterocycles. The van der Waals surface area contributed by atoms with E-state index in [0.717, 1.165) is 103 Å². The third-order valence-corrected chi connectivity index (χ3v) is 12.2. The molecule has 0 amide bonds. The second-order valence-electron chi connectivity index (χ2n) is 12.2. The van der Waals surface area contributed by atoms with Crippen molar-refractivity contribution in [3.8, 4) is 23.0 Å². The third-order valence-electron chi connectivity index (χ3n) is 8.01.